The van der Waals surface area contributed by atoms with Crippen LogP contribution in [0.1, 0.15) is 38.2 Å². The molecule has 1 saturated carbocycles. The van der Waals surface area contributed by atoms with Gasteiger partial charge in [-0.15, -0.1) is 0 Å². The summed E-state index contributed by atoms with van der Waals surface area (Å²) >= 11 is 12.3. The molecule has 0 amide bonds. The zero-order valence-electron chi connectivity index (χ0n) is 10.9. The predicted molar refractivity (Wildman–Crippen MR) is 79.6 cm³/mol. The second kappa shape index (κ2) is 6.79. The molecule has 1 aliphatic rings. The Morgan fingerprint density at radius 2 is 2.11 bits per heavy atom. The topological polar surface area (TPSA) is 12.0 Å². The van der Waals surface area contributed by atoms with Gasteiger partial charge in [-0.2, -0.15) is 0 Å². The molecule has 1 aromatic rings. The van der Waals surface area contributed by atoms with E-state index in [1.54, 1.807) is 0 Å². The maximum atomic E-state index is 6.22. The number of aryl methyl sites for hydroxylation is 1. The first-order valence-electron chi connectivity index (χ1n) is 6.88. The average molecular weight is 286 g/mol. The Morgan fingerprint density at radius 1 is 1.33 bits per heavy atom. The summed E-state index contributed by atoms with van der Waals surface area (Å²) in [5.74, 6) is 0.884. The van der Waals surface area contributed by atoms with E-state index < -0.39 is 0 Å². The van der Waals surface area contributed by atoms with Gasteiger partial charge in [0.25, 0.3) is 0 Å². The molecule has 0 aliphatic heterocycles. The standard InChI is InChI=1S/C15H21Cl2N/c1-2-10-18-14(11-6-7-11)9-8-12-4-3-5-13(16)15(12)17/h3-5,11,14,18H,2,6-10H2,1H3. The van der Waals surface area contributed by atoms with Gasteiger partial charge in [-0.25, -0.2) is 0 Å². The highest BCUT2D eigenvalue weighted by Gasteiger charge is 2.30. The van der Waals surface area contributed by atoms with Gasteiger partial charge in [-0.05, 0) is 56.2 Å². The van der Waals surface area contributed by atoms with Crippen molar-refractivity contribution in [3.63, 3.8) is 0 Å². The highest BCUT2D eigenvalue weighted by atomic mass is 35.5. The largest absolute Gasteiger partial charge is 0.314 e. The van der Waals surface area contributed by atoms with Gasteiger partial charge >= 0.3 is 0 Å². The fraction of sp³-hybridized carbons (Fsp3) is 0.600. The molecule has 0 spiro atoms. The Bertz CT molecular complexity index is 388. The molecule has 1 aromatic carbocycles. The normalized spacial score (nSPS) is 16.8. The van der Waals surface area contributed by atoms with E-state index in [0.717, 1.165) is 30.3 Å². The first-order chi connectivity index (χ1) is 8.72. The molecule has 0 heterocycles. The molecule has 1 N–H and O–H groups in total. The summed E-state index contributed by atoms with van der Waals surface area (Å²) in [4.78, 5) is 0. The van der Waals surface area contributed by atoms with Crippen LogP contribution in [0.5, 0.6) is 0 Å². The Kier molecular flexibility index (Phi) is 5.35. The van der Waals surface area contributed by atoms with Crippen molar-refractivity contribution in [3.8, 4) is 0 Å². The van der Waals surface area contributed by atoms with Gasteiger partial charge in [0.2, 0.25) is 0 Å². The van der Waals surface area contributed by atoms with E-state index in [0.29, 0.717) is 11.1 Å². The quantitative estimate of drug-likeness (QED) is 0.765. The van der Waals surface area contributed by atoms with Crippen molar-refractivity contribution in [2.45, 2.75) is 45.1 Å². The van der Waals surface area contributed by atoms with E-state index in [9.17, 15) is 0 Å². The van der Waals surface area contributed by atoms with Crippen LogP contribution in [-0.4, -0.2) is 12.6 Å². The van der Waals surface area contributed by atoms with Crippen LogP contribution < -0.4 is 5.32 Å². The molecular weight excluding hydrogens is 265 g/mol. The molecule has 0 aromatic heterocycles. The average Bonchev–Trinajstić information content (AvgIpc) is 3.18. The van der Waals surface area contributed by atoms with Crippen LogP contribution in [0.15, 0.2) is 18.2 Å². The number of hydrogen-bond acceptors (Lipinski definition) is 1. The van der Waals surface area contributed by atoms with Crippen molar-refractivity contribution in [1.29, 1.82) is 0 Å². The Balaban J connectivity index is 1.90. The van der Waals surface area contributed by atoms with Gasteiger partial charge in [0, 0.05) is 6.04 Å². The second-order valence-corrected chi connectivity index (χ2v) is 5.93. The van der Waals surface area contributed by atoms with Crippen molar-refractivity contribution in [2.75, 3.05) is 6.54 Å². The SMILES string of the molecule is CCCNC(CCc1cccc(Cl)c1Cl)C1CC1. The Morgan fingerprint density at radius 3 is 2.78 bits per heavy atom. The zero-order valence-corrected chi connectivity index (χ0v) is 12.4. The van der Waals surface area contributed by atoms with E-state index in [2.05, 4.69) is 18.3 Å². The number of nitrogens with one attached hydrogen (secondary N) is 1. The van der Waals surface area contributed by atoms with Gasteiger partial charge in [0.05, 0.1) is 10.0 Å². The first kappa shape index (κ1) is 14.2. The van der Waals surface area contributed by atoms with Crippen LogP contribution in [0, 0.1) is 5.92 Å². The maximum absolute atomic E-state index is 6.22. The van der Waals surface area contributed by atoms with Crippen molar-refractivity contribution in [2.24, 2.45) is 5.92 Å². The smallest absolute Gasteiger partial charge is 0.0624 e. The van der Waals surface area contributed by atoms with Crippen molar-refractivity contribution in [1.82, 2.24) is 5.32 Å². The van der Waals surface area contributed by atoms with Crippen molar-refractivity contribution < 1.29 is 0 Å². The zero-order chi connectivity index (χ0) is 13.0. The van der Waals surface area contributed by atoms with Gasteiger partial charge in [0.15, 0.2) is 0 Å². The number of benzene rings is 1. The number of hydrogen-bond donors (Lipinski definition) is 1. The second-order valence-electron chi connectivity index (χ2n) is 5.15. The molecule has 1 fully saturated rings. The molecule has 0 radical (unpaired) electrons. The fourth-order valence-electron chi connectivity index (χ4n) is 2.39. The monoisotopic (exact) mass is 285 g/mol. The van der Waals surface area contributed by atoms with Gasteiger partial charge < -0.3 is 5.32 Å². The van der Waals surface area contributed by atoms with Crippen LogP contribution in [0.2, 0.25) is 10.0 Å². The van der Waals surface area contributed by atoms with Gasteiger partial charge in [-0.3, -0.25) is 0 Å². The summed E-state index contributed by atoms with van der Waals surface area (Å²) in [5, 5.41) is 5.05. The Hall–Kier alpha value is -0.240. The summed E-state index contributed by atoms with van der Waals surface area (Å²) in [6.07, 6.45) is 6.12. The minimum atomic E-state index is 0.653. The molecule has 1 nitrogen and oxygen atoms in total. The highest BCUT2D eigenvalue weighted by molar-refractivity contribution is 6.42. The van der Waals surface area contributed by atoms with Gasteiger partial charge in [0.1, 0.15) is 0 Å². The summed E-state index contributed by atoms with van der Waals surface area (Å²) in [7, 11) is 0. The van der Waals surface area contributed by atoms with E-state index in [1.807, 2.05) is 12.1 Å². The lowest BCUT2D eigenvalue weighted by Crippen LogP contribution is -2.32. The fourth-order valence-corrected chi connectivity index (χ4v) is 2.80. The van der Waals surface area contributed by atoms with E-state index in [1.165, 1.54) is 24.8 Å². The lowest BCUT2D eigenvalue weighted by molar-refractivity contribution is 0.436. The molecule has 100 valence electrons. The van der Waals surface area contributed by atoms with E-state index in [-0.39, 0.29) is 0 Å². The molecule has 0 bridgehead atoms. The highest BCUT2D eigenvalue weighted by Crippen LogP contribution is 2.35. The molecule has 18 heavy (non-hydrogen) atoms. The summed E-state index contributed by atoms with van der Waals surface area (Å²) in [6, 6.07) is 6.56. The summed E-state index contributed by atoms with van der Waals surface area (Å²) < 4.78 is 0. The lowest BCUT2D eigenvalue weighted by Gasteiger charge is -2.18. The first-order valence-corrected chi connectivity index (χ1v) is 7.64. The van der Waals surface area contributed by atoms with Crippen LogP contribution in [0.3, 0.4) is 0 Å². The van der Waals surface area contributed by atoms with Crippen molar-refractivity contribution >= 4 is 23.2 Å². The van der Waals surface area contributed by atoms with E-state index in [4.69, 9.17) is 23.2 Å². The minimum Gasteiger partial charge on any atom is -0.314 e. The van der Waals surface area contributed by atoms with Crippen LogP contribution in [0.25, 0.3) is 0 Å². The molecule has 2 rings (SSSR count). The third kappa shape index (κ3) is 3.88. The molecule has 1 aliphatic carbocycles. The lowest BCUT2D eigenvalue weighted by atomic mass is 10.0. The molecule has 0 saturated heterocycles. The summed E-state index contributed by atoms with van der Waals surface area (Å²) in [5.41, 5.74) is 1.17. The van der Waals surface area contributed by atoms with Gasteiger partial charge in [-0.1, -0.05) is 42.3 Å². The molecular formula is C15H21Cl2N. The van der Waals surface area contributed by atoms with E-state index >= 15 is 0 Å². The Labute approximate surface area is 120 Å². The predicted octanol–water partition coefficient (Wildman–Crippen LogP) is 4.70. The third-order valence-corrected chi connectivity index (χ3v) is 4.46. The van der Waals surface area contributed by atoms with Crippen LogP contribution >= 0.6 is 23.2 Å². The number of rotatable bonds is 7. The van der Waals surface area contributed by atoms with Crippen LogP contribution in [0.4, 0.5) is 0 Å². The number of halogens is 2. The van der Waals surface area contributed by atoms with Crippen LogP contribution in [-0.2, 0) is 6.42 Å². The van der Waals surface area contributed by atoms with Crippen molar-refractivity contribution in [3.05, 3.63) is 33.8 Å². The minimum absolute atomic E-state index is 0.653. The summed E-state index contributed by atoms with van der Waals surface area (Å²) in [6.45, 7) is 3.33. The molecule has 1 atom stereocenters. The third-order valence-electron chi connectivity index (χ3n) is 3.60. The molecule has 1 unspecified atom stereocenters. The molecule has 3 heteroatoms. The maximum Gasteiger partial charge on any atom is 0.0624 e.